The molecule has 0 amide bonds. The third-order valence-corrected chi connectivity index (χ3v) is 4.13. The van der Waals surface area contributed by atoms with E-state index in [1.165, 1.54) is 16.7 Å². The van der Waals surface area contributed by atoms with Crippen LogP contribution in [0, 0.1) is 0 Å². The fourth-order valence-electron chi connectivity index (χ4n) is 3.04. The highest BCUT2D eigenvalue weighted by Gasteiger charge is 2.19. The summed E-state index contributed by atoms with van der Waals surface area (Å²) in [6.07, 6.45) is 3.36. The lowest BCUT2D eigenvalue weighted by Gasteiger charge is -2.26. The van der Waals surface area contributed by atoms with Gasteiger partial charge in [-0.25, -0.2) is 0 Å². The summed E-state index contributed by atoms with van der Waals surface area (Å²) in [5.41, 5.74) is 3.81. The van der Waals surface area contributed by atoms with Gasteiger partial charge in [-0.1, -0.05) is 18.2 Å². The van der Waals surface area contributed by atoms with Gasteiger partial charge in [-0.05, 0) is 60.2 Å². The molecular formula is C18H21NO2. The van der Waals surface area contributed by atoms with Crippen molar-refractivity contribution < 1.29 is 9.84 Å². The fourth-order valence-corrected chi connectivity index (χ4v) is 3.04. The molecule has 3 nitrogen and oxygen atoms in total. The maximum atomic E-state index is 9.61. The van der Waals surface area contributed by atoms with Gasteiger partial charge in [0.1, 0.15) is 11.5 Å². The predicted octanol–water partition coefficient (Wildman–Crippen LogP) is 3.57. The summed E-state index contributed by atoms with van der Waals surface area (Å²) >= 11 is 0. The van der Waals surface area contributed by atoms with Gasteiger partial charge in [0.15, 0.2) is 0 Å². The molecule has 0 aromatic heterocycles. The Bertz CT molecular complexity index is 624. The first-order valence-electron chi connectivity index (χ1n) is 7.44. The molecule has 0 spiro atoms. The Morgan fingerprint density at radius 1 is 1.24 bits per heavy atom. The van der Waals surface area contributed by atoms with Gasteiger partial charge in [0.2, 0.25) is 0 Å². The number of phenols is 1. The topological polar surface area (TPSA) is 41.5 Å². The highest BCUT2D eigenvalue weighted by Crippen LogP contribution is 2.32. The average Bonchev–Trinajstić information content (AvgIpc) is 2.52. The van der Waals surface area contributed by atoms with Crippen molar-refractivity contribution in [3.05, 3.63) is 59.2 Å². The summed E-state index contributed by atoms with van der Waals surface area (Å²) < 4.78 is 5.26. The van der Waals surface area contributed by atoms with Crippen molar-refractivity contribution in [2.45, 2.75) is 31.8 Å². The third-order valence-electron chi connectivity index (χ3n) is 4.13. The minimum Gasteiger partial charge on any atom is -0.508 e. The Morgan fingerprint density at radius 3 is 3.00 bits per heavy atom. The van der Waals surface area contributed by atoms with Gasteiger partial charge in [0.25, 0.3) is 0 Å². The van der Waals surface area contributed by atoms with Crippen LogP contribution in [0.3, 0.4) is 0 Å². The number of aromatic hydroxyl groups is 1. The molecule has 1 aliphatic carbocycles. The zero-order valence-corrected chi connectivity index (χ0v) is 12.3. The minimum atomic E-state index is 0.362. The third kappa shape index (κ3) is 3.19. The molecule has 0 fully saturated rings. The van der Waals surface area contributed by atoms with Crippen LogP contribution in [0.4, 0.5) is 0 Å². The molecule has 0 saturated carbocycles. The number of rotatable bonds is 4. The van der Waals surface area contributed by atoms with Crippen LogP contribution < -0.4 is 10.1 Å². The molecule has 1 unspecified atom stereocenters. The van der Waals surface area contributed by atoms with Crippen LogP contribution in [0.2, 0.25) is 0 Å². The molecular weight excluding hydrogens is 262 g/mol. The van der Waals surface area contributed by atoms with E-state index in [1.54, 1.807) is 13.2 Å². The molecule has 1 atom stereocenters. The van der Waals surface area contributed by atoms with Crippen LogP contribution in [-0.4, -0.2) is 12.2 Å². The summed E-state index contributed by atoms with van der Waals surface area (Å²) in [5.74, 6) is 1.26. The van der Waals surface area contributed by atoms with Crippen LogP contribution in [0.15, 0.2) is 42.5 Å². The number of ether oxygens (including phenoxy) is 1. The fraction of sp³-hybridized carbons (Fsp3) is 0.333. The maximum Gasteiger partial charge on any atom is 0.119 e. The molecule has 0 heterocycles. The lowest BCUT2D eigenvalue weighted by atomic mass is 9.87. The standard InChI is InChI=1S/C18H21NO2/c1-21-16-6-2-4-13(10-16)12-19-18-7-3-5-14-11-15(20)8-9-17(14)18/h2,4,6,8-11,18-20H,3,5,7,12H2,1H3. The molecule has 2 aromatic rings. The average molecular weight is 283 g/mol. The van der Waals surface area contributed by atoms with Gasteiger partial charge in [0, 0.05) is 12.6 Å². The highest BCUT2D eigenvalue weighted by atomic mass is 16.5. The second-order valence-electron chi connectivity index (χ2n) is 5.56. The van der Waals surface area contributed by atoms with E-state index in [4.69, 9.17) is 4.74 Å². The Morgan fingerprint density at radius 2 is 2.14 bits per heavy atom. The molecule has 0 saturated heterocycles. The molecule has 3 rings (SSSR count). The second kappa shape index (κ2) is 6.19. The first-order chi connectivity index (χ1) is 10.3. The highest BCUT2D eigenvalue weighted by molar-refractivity contribution is 5.38. The van der Waals surface area contributed by atoms with E-state index in [0.717, 1.165) is 31.6 Å². The van der Waals surface area contributed by atoms with Crippen LogP contribution in [-0.2, 0) is 13.0 Å². The van der Waals surface area contributed by atoms with E-state index in [9.17, 15) is 5.11 Å². The van der Waals surface area contributed by atoms with Crippen LogP contribution >= 0.6 is 0 Å². The number of benzene rings is 2. The number of hydrogen-bond acceptors (Lipinski definition) is 3. The van der Waals surface area contributed by atoms with Crippen molar-refractivity contribution in [3.63, 3.8) is 0 Å². The number of nitrogens with one attached hydrogen (secondary N) is 1. The molecule has 110 valence electrons. The van der Waals surface area contributed by atoms with Gasteiger partial charge >= 0.3 is 0 Å². The SMILES string of the molecule is COc1cccc(CNC2CCCc3cc(O)ccc32)c1. The summed E-state index contributed by atoms with van der Waals surface area (Å²) in [4.78, 5) is 0. The van der Waals surface area contributed by atoms with Gasteiger partial charge in [-0.2, -0.15) is 0 Å². The first kappa shape index (κ1) is 14.0. The number of aryl methyl sites for hydroxylation is 1. The van der Waals surface area contributed by atoms with E-state index in [-0.39, 0.29) is 0 Å². The van der Waals surface area contributed by atoms with Crippen molar-refractivity contribution in [2.24, 2.45) is 0 Å². The number of fused-ring (bicyclic) bond motifs is 1. The Labute approximate surface area is 125 Å². The zero-order valence-electron chi connectivity index (χ0n) is 12.3. The number of methoxy groups -OCH3 is 1. The zero-order chi connectivity index (χ0) is 14.7. The monoisotopic (exact) mass is 283 g/mol. The molecule has 21 heavy (non-hydrogen) atoms. The van der Waals surface area contributed by atoms with E-state index in [2.05, 4.69) is 17.4 Å². The summed E-state index contributed by atoms with van der Waals surface area (Å²) in [7, 11) is 1.69. The van der Waals surface area contributed by atoms with Crippen molar-refractivity contribution >= 4 is 0 Å². The van der Waals surface area contributed by atoms with E-state index >= 15 is 0 Å². The van der Waals surface area contributed by atoms with Crippen molar-refractivity contribution in [2.75, 3.05) is 7.11 Å². The normalized spacial score (nSPS) is 17.3. The quantitative estimate of drug-likeness (QED) is 0.901. The molecule has 0 bridgehead atoms. The number of hydrogen-bond donors (Lipinski definition) is 2. The molecule has 2 N–H and O–H groups in total. The summed E-state index contributed by atoms with van der Waals surface area (Å²) in [6.45, 7) is 0.822. The first-order valence-corrected chi connectivity index (χ1v) is 7.44. The van der Waals surface area contributed by atoms with Crippen molar-refractivity contribution in [3.8, 4) is 11.5 Å². The summed E-state index contributed by atoms with van der Waals surface area (Å²) in [5, 5.41) is 13.2. The molecule has 3 heteroatoms. The predicted molar refractivity (Wildman–Crippen MR) is 83.6 cm³/mol. The smallest absolute Gasteiger partial charge is 0.119 e. The van der Waals surface area contributed by atoms with Crippen LogP contribution in [0.25, 0.3) is 0 Å². The molecule has 0 aliphatic heterocycles. The summed E-state index contributed by atoms with van der Waals surface area (Å²) in [6, 6.07) is 14.2. The Kier molecular flexibility index (Phi) is 4.11. The van der Waals surface area contributed by atoms with Crippen molar-refractivity contribution in [1.29, 1.82) is 0 Å². The molecule has 2 aromatic carbocycles. The van der Waals surface area contributed by atoms with Gasteiger partial charge in [-0.15, -0.1) is 0 Å². The van der Waals surface area contributed by atoms with Gasteiger partial charge in [0.05, 0.1) is 7.11 Å². The second-order valence-corrected chi connectivity index (χ2v) is 5.56. The van der Waals surface area contributed by atoms with Crippen molar-refractivity contribution in [1.82, 2.24) is 5.32 Å². The van der Waals surface area contributed by atoms with E-state index < -0.39 is 0 Å². The molecule has 1 aliphatic rings. The van der Waals surface area contributed by atoms with Gasteiger partial charge in [-0.3, -0.25) is 0 Å². The minimum absolute atomic E-state index is 0.362. The van der Waals surface area contributed by atoms with E-state index in [1.807, 2.05) is 24.3 Å². The van der Waals surface area contributed by atoms with Gasteiger partial charge < -0.3 is 15.2 Å². The van der Waals surface area contributed by atoms with E-state index in [0.29, 0.717) is 11.8 Å². The maximum absolute atomic E-state index is 9.61. The van der Waals surface area contributed by atoms with Crippen LogP contribution in [0.5, 0.6) is 11.5 Å². The number of phenolic OH excluding ortho intramolecular Hbond substituents is 1. The molecule has 0 radical (unpaired) electrons. The largest absolute Gasteiger partial charge is 0.508 e. The Balaban J connectivity index is 1.71. The lowest BCUT2D eigenvalue weighted by molar-refractivity contribution is 0.413. The van der Waals surface area contributed by atoms with Crippen LogP contribution in [0.1, 0.15) is 35.6 Å². The lowest BCUT2D eigenvalue weighted by Crippen LogP contribution is -2.24. The Hall–Kier alpha value is -2.00.